The molecule has 0 saturated carbocycles. The summed E-state index contributed by atoms with van der Waals surface area (Å²) in [5.41, 5.74) is 0.641. The van der Waals surface area contributed by atoms with Gasteiger partial charge in [0, 0.05) is 31.3 Å². The van der Waals surface area contributed by atoms with Gasteiger partial charge in [0.25, 0.3) is 5.91 Å². The van der Waals surface area contributed by atoms with Gasteiger partial charge in [0.1, 0.15) is 5.75 Å². The normalized spacial score (nSPS) is 10.2. The van der Waals surface area contributed by atoms with Crippen LogP contribution in [-0.4, -0.2) is 28.1 Å². The predicted molar refractivity (Wildman–Crippen MR) is 78.4 cm³/mol. The Bertz CT molecular complexity index is 632. The highest BCUT2D eigenvalue weighted by molar-refractivity contribution is 5.96. The van der Waals surface area contributed by atoms with Crippen molar-refractivity contribution in [2.24, 2.45) is 7.05 Å². The van der Waals surface area contributed by atoms with Crippen molar-refractivity contribution in [2.75, 3.05) is 11.9 Å². The van der Waals surface area contributed by atoms with Gasteiger partial charge >= 0.3 is 0 Å². The molecule has 0 aliphatic carbocycles. The molecule has 1 aromatic carbocycles. The summed E-state index contributed by atoms with van der Waals surface area (Å²) in [7, 11) is 1.77. The van der Waals surface area contributed by atoms with Gasteiger partial charge in [0.05, 0.1) is 0 Å². The van der Waals surface area contributed by atoms with Crippen molar-refractivity contribution in [1.82, 2.24) is 9.78 Å². The number of ether oxygens (including phenoxy) is 1. The van der Waals surface area contributed by atoms with Crippen LogP contribution in [0.1, 0.15) is 23.7 Å². The Labute approximate surface area is 122 Å². The van der Waals surface area contributed by atoms with E-state index in [1.807, 2.05) is 6.92 Å². The van der Waals surface area contributed by atoms with E-state index in [-0.39, 0.29) is 18.3 Å². The Balaban J connectivity index is 1.85. The highest BCUT2D eigenvalue weighted by atomic mass is 16.5. The number of carbonyl (C=O) groups excluding carboxylic acids is 2. The molecule has 1 heterocycles. The molecule has 0 radical (unpaired) electrons. The first-order valence-corrected chi connectivity index (χ1v) is 6.64. The maximum atomic E-state index is 11.7. The van der Waals surface area contributed by atoms with Crippen LogP contribution in [0.5, 0.6) is 5.75 Å². The number of aromatic nitrogens is 2. The highest BCUT2D eigenvalue weighted by Crippen LogP contribution is 2.13. The lowest BCUT2D eigenvalue weighted by Gasteiger charge is -2.06. The summed E-state index contributed by atoms with van der Waals surface area (Å²) in [6.45, 7) is 1.70. The average Bonchev–Trinajstić information content (AvgIpc) is 2.90. The lowest BCUT2D eigenvalue weighted by atomic mass is 10.1. The fourth-order valence-corrected chi connectivity index (χ4v) is 1.75. The van der Waals surface area contributed by atoms with Gasteiger partial charge in [-0.3, -0.25) is 14.3 Å². The van der Waals surface area contributed by atoms with Gasteiger partial charge in [0.15, 0.2) is 18.2 Å². The number of anilines is 1. The number of benzene rings is 1. The van der Waals surface area contributed by atoms with Crippen molar-refractivity contribution < 1.29 is 14.3 Å². The third kappa shape index (κ3) is 4.17. The first kappa shape index (κ1) is 14.8. The predicted octanol–water partition coefficient (Wildman–Crippen LogP) is 2.03. The number of rotatable bonds is 6. The molecule has 2 aromatic rings. The molecular formula is C15H17N3O3. The van der Waals surface area contributed by atoms with Crippen molar-refractivity contribution in [3.63, 3.8) is 0 Å². The Morgan fingerprint density at radius 2 is 1.95 bits per heavy atom. The van der Waals surface area contributed by atoms with Gasteiger partial charge in [-0.25, -0.2) is 0 Å². The summed E-state index contributed by atoms with van der Waals surface area (Å²) < 4.78 is 6.95. The zero-order valence-electron chi connectivity index (χ0n) is 12.0. The second kappa shape index (κ2) is 6.69. The lowest BCUT2D eigenvalue weighted by Crippen LogP contribution is -2.20. The van der Waals surface area contributed by atoms with Gasteiger partial charge < -0.3 is 10.1 Å². The fourth-order valence-electron chi connectivity index (χ4n) is 1.75. The van der Waals surface area contributed by atoms with E-state index in [0.717, 1.165) is 0 Å². The molecule has 1 N–H and O–H groups in total. The Hall–Kier alpha value is -2.63. The van der Waals surface area contributed by atoms with Crippen LogP contribution in [0.3, 0.4) is 0 Å². The molecule has 110 valence electrons. The van der Waals surface area contributed by atoms with Gasteiger partial charge in [-0.1, -0.05) is 6.92 Å². The molecule has 6 heteroatoms. The fraction of sp³-hybridized carbons (Fsp3) is 0.267. The Kier molecular flexibility index (Phi) is 4.71. The van der Waals surface area contributed by atoms with Crippen molar-refractivity contribution in [3.8, 4) is 5.75 Å². The first-order chi connectivity index (χ1) is 10.1. The van der Waals surface area contributed by atoms with E-state index in [4.69, 9.17) is 4.74 Å². The first-order valence-electron chi connectivity index (χ1n) is 6.64. The molecule has 6 nitrogen and oxygen atoms in total. The molecule has 0 bridgehead atoms. The molecule has 2 rings (SSSR count). The highest BCUT2D eigenvalue weighted by Gasteiger charge is 2.07. The molecule has 0 atom stereocenters. The van der Waals surface area contributed by atoms with E-state index in [2.05, 4.69) is 10.4 Å². The number of hydrogen-bond donors (Lipinski definition) is 1. The van der Waals surface area contributed by atoms with Crippen molar-refractivity contribution >= 4 is 17.5 Å². The van der Waals surface area contributed by atoms with Crippen LogP contribution in [0, 0.1) is 0 Å². The van der Waals surface area contributed by atoms with Crippen LogP contribution in [0.4, 0.5) is 5.82 Å². The molecular weight excluding hydrogens is 270 g/mol. The van der Waals surface area contributed by atoms with Crippen molar-refractivity contribution in [1.29, 1.82) is 0 Å². The monoisotopic (exact) mass is 287 g/mol. The van der Waals surface area contributed by atoms with Crippen LogP contribution in [0.2, 0.25) is 0 Å². The quantitative estimate of drug-likeness (QED) is 0.825. The van der Waals surface area contributed by atoms with Crippen LogP contribution < -0.4 is 10.1 Å². The second-order valence-corrected chi connectivity index (χ2v) is 4.51. The summed E-state index contributed by atoms with van der Waals surface area (Å²) in [5.74, 6) is 0.811. The maximum Gasteiger partial charge on any atom is 0.263 e. The number of amides is 1. The van der Waals surface area contributed by atoms with E-state index in [0.29, 0.717) is 23.6 Å². The van der Waals surface area contributed by atoms with Gasteiger partial charge in [-0.05, 0) is 24.3 Å². The van der Waals surface area contributed by atoms with Crippen LogP contribution in [0.25, 0.3) is 0 Å². The maximum absolute atomic E-state index is 11.7. The van der Waals surface area contributed by atoms with E-state index < -0.39 is 0 Å². The second-order valence-electron chi connectivity index (χ2n) is 4.51. The molecule has 1 aromatic heterocycles. The largest absolute Gasteiger partial charge is 0.484 e. The molecule has 0 aliphatic heterocycles. The Morgan fingerprint density at radius 1 is 1.24 bits per heavy atom. The number of nitrogens with one attached hydrogen (secondary N) is 1. The molecule has 21 heavy (non-hydrogen) atoms. The minimum absolute atomic E-state index is 0.0782. The standard InChI is InChI=1S/C15H17N3O3/c1-3-13(19)11-4-6-12(7-5-11)21-10-15(20)16-14-8-9-18(2)17-14/h4-9H,3,10H2,1-2H3,(H,16,17,20). The summed E-state index contributed by atoms with van der Waals surface area (Å²) in [4.78, 5) is 23.2. The number of carbonyl (C=O) groups is 2. The molecule has 0 spiro atoms. The van der Waals surface area contributed by atoms with Gasteiger partial charge in [-0.2, -0.15) is 5.10 Å². The molecule has 0 unspecified atom stereocenters. The number of hydrogen-bond acceptors (Lipinski definition) is 4. The summed E-state index contributed by atoms with van der Waals surface area (Å²) in [6, 6.07) is 8.44. The van der Waals surface area contributed by atoms with E-state index in [1.165, 1.54) is 0 Å². The SMILES string of the molecule is CCC(=O)c1ccc(OCC(=O)Nc2ccn(C)n2)cc1. The number of ketones is 1. The summed E-state index contributed by atoms with van der Waals surface area (Å²) in [5, 5.41) is 6.66. The molecule has 0 saturated heterocycles. The Morgan fingerprint density at radius 3 is 2.52 bits per heavy atom. The van der Waals surface area contributed by atoms with Gasteiger partial charge in [-0.15, -0.1) is 0 Å². The van der Waals surface area contributed by atoms with Crippen molar-refractivity contribution in [3.05, 3.63) is 42.1 Å². The number of Topliss-reactive ketones (excluding diaryl/α,β-unsaturated/α-hetero) is 1. The minimum Gasteiger partial charge on any atom is -0.484 e. The third-order valence-corrected chi connectivity index (χ3v) is 2.85. The van der Waals surface area contributed by atoms with Gasteiger partial charge in [0.2, 0.25) is 0 Å². The topological polar surface area (TPSA) is 73.2 Å². The average molecular weight is 287 g/mol. The zero-order chi connectivity index (χ0) is 15.2. The smallest absolute Gasteiger partial charge is 0.263 e. The lowest BCUT2D eigenvalue weighted by molar-refractivity contribution is -0.118. The minimum atomic E-state index is -0.289. The summed E-state index contributed by atoms with van der Waals surface area (Å²) in [6.07, 6.45) is 2.20. The number of aryl methyl sites for hydroxylation is 1. The number of nitrogens with zero attached hydrogens (tertiary/aromatic N) is 2. The van der Waals surface area contributed by atoms with Crippen LogP contribution in [-0.2, 0) is 11.8 Å². The summed E-state index contributed by atoms with van der Waals surface area (Å²) >= 11 is 0. The molecule has 0 fully saturated rings. The van der Waals surface area contributed by atoms with Crippen LogP contribution in [0.15, 0.2) is 36.5 Å². The third-order valence-electron chi connectivity index (χ3n) is 2.85. The zero-order valence-corrected chi connectivity index (χ0v) is 12.0. The van der Waals surface area contributed by atoms with Crippen molar-refractivity contribution in [2.45, 2.75) is 13.3 Å². The van der Waals surface area contributed by atoms with Crippen LogP contribution >= 0.6 is 0 Å². The molecule has 0 aliphatic rings. The van der Waals surface area contributed by atoms with E-state index in [1.54, 1.807) is 48.3 Å². The van der Waals surface area contributed by atoms with E-state index >= 15 is 0 Å². The molecule has 1 amide bonds. The van der Waals surface area contributed by atoms with E-state index in [9.17, 15) is 9.59 Å².